The molecule has 0 aromatic heterocycles. The van der Waals surface area contributed by atoms with Crippen molar-refractivity contribution in [2.75, 3.05) is 0 Å². The Morgan fingerprint density at radius 1 is 1.04 bits per heavy atom. The molecule has 0 N–H and O–H groups in total. The van der Waals surface area contributed by atoms with Gasteiger partial charge in [0.15, 0.2) is 5.75 Å². The standard InChI is InChI=1S/C19H13Br2NO2/c1-12(23)24-19-16(20)9-13(10-17(19)21)11-22-18-8-4-6-14-5-2-3-7-15(14)18/h2-11H,1H3. The Morgan fingerprint density at radius 2 is 1.71 bits per heavy atom. The van der Waals surface area contributed by atoms with Crippen LogP contribution in [0.2, 0.25) is 0 Å². The third-order valence-corrected chi connectivity index (χ3v) is 4.56. The number of hydrogen-bond acceptors (Lipinski definition) is 3. The molecule has 120 valence electrons. The van der Waals surface area contributed by atoms with E-state index in [0.29, 0.717) is 14.7 Å². The van der Waals surface area contributed by atoms with Crippen molar-refractivity contribution in [3.05, 3.63) is 69.1 Å². The van der Waals surface area contributed by atoms with Gasteiger partial charge in [-0.25, -0.2) is 0 Å². The van der Waals surface area contributed by atoms with E-state index in [9.17, 15) is 4.79 Å². The molecule has 0 atom stereocenters. The number of ether oxygens (including phenoxy) is 1. The van der Waals surface area contributed by atoms with Gasteiger partial charge in [-0.15, -0.1) is 0 Å². The number of nitrogens with zero attached hydrogens (tertiary/aromatic N) is 1. The lowest BCUT2D eigenvalue weighted by Crippen LogP contribution is -2.03. The van der Waals surface area contributed by atoms with Gasteiger partial charge in [0.1, 0.15) is 0 Å². The van der Waals surface area contributed by atoms with Crippen LogP contribution in [0.5, 0.6) is 5.75 Å². The Balaban J connectivity index is 1.96. The molecule has 0 heterocycles. The average Bonchev–Trinajstić information content (AvgIpc) is 2.56. The zero-order valence-corrected chi connectivity index (χ0v) is 16.0. The zero-order chi connectivity index (χ0) is 17.1. The molecule has 0 unspecified atom stereocenters. The molecule has 5 heteroatoms. The minimum absolute atomic E-state index is 0.367. The molecule has 0 fully saturated rings. The van der Waals surface area contributed by atoms with E-state index in [-0.39, 0.29) is 5.97 Å². The lowest BCUT2D eigenvalue weighted by atomic mass is 10.1. The van der Waals surface area contributed by atoms with Gasteiger partial charge >= 0.3 is 5.97 Å². The Morgan fingerprint density at radius 3 is 2.42 bits per heavy atom. The molecule has 0 amide bonds. The highest BCUT2D eigenvalue weighted by atomic mass is 79.9. The van der Waals surface area contributed by atoms with E-state index in [0.717, 1.165) is 22.0 Å². The highest BCUT2D eigenvalue weighted by Gasteiger charge is 2.10. The molecule has 0 aliphatic carbocycles. The van der Waals surface area contributed by atoms with E-state index in [2.05, 4.69) is 55.1 Å². The maximum Gasteiger partial charge on any atom is 0.308 e. The second-order valence-corrected chi connectivity index (χ2v) is 6.87. The van der Waals surface area contributed by atoms with Gasteiger partial charge in [0.2, 0.25) is 0 Å². The fourth-order valence-corrected chi connectivity index (χ4v) is 3.74. The Bertz CT molecular complexity index is 923. The zero-order valence-electron chi connectivity index (χ0n) is 12.8. The summed E-state index contributed by atoms with van der Waals surface area (Å²) in [5.41, 5.74) is 1.79. The molecule has 3 aromatic rings. The average molecular weight is 447 g/mol. The molecule has 0 radical (unpaired) electrons. The van der Waals surface area contributed by atoms with Crippen molar-refractivity contribution in [1.29, 1.82) is 0 Å². The van der Waals surface area contributed by atoms with Crippen LogP contribution in [0.1, 0.15) is 12.5 Å². The van der Waals surface area contributed by atoms with Gasteiger partial charge < -0.3 is 4.74 Å². The summed E-state index contributed by atoms with van der Waals surface area (Å²) in [7, 11) is 0. The number of hydrogen-bond donors (Lipinski definition) is 0. The van der Waals surface area contributed by atoms with Crippen LogP contribution in [0.3, 0.4) is 0 Å². The van der Waals surface area contributed by atoms with Crippen LogP contribution in [0.4, 0.5) is 5.69 Å². The summed E-state index contributed by atoms with van der Waals surface area (Å²) in [6.45, 7) is 1.37. The fraction of sp³-hybridized carbons (Fsp3) is 0.0526. The van der Waals surface area contributed by atoms with Crippen molar-refractivity contribution in [2.24, 2.45) is 4.99 Å². The predicted molar refractivity (Wildman–Crippen MR) is 104 cm³/mol. The summed E-state index contributed by atoms with van der Waals surface area (Å²) in [6.07, 6.45) is 1.79. The monoisotopic (exact) mass is 445 g/mol. The second-order valence-electron chi connectivity index (χ2n) is 5.16. The first kappa shape index (κ1) is 16.9. The molecule has 3 nitrogen and oxygen atoms in total. The van der Waals surface area contributed by atoms with E-state index in [4.69, 9.17) is 4.74 Å². The Hall–Kier alpha value is -1.98. The highest BCUT2D eigenvalue weighted by molar-refractivity contribution is 9.11. The SMILES string of the molecule is CC(=O)Oc1c(Br)cc(C=Nc2cccc3ccccc23)cc1Br. The summed E-state index contributed by atoms with van der Waals surface area (Å²) in [5, 5.41) is 2.26. The van der Waals surface area contributed by atoms with E-state index >= 15 is 0 Å². The van der Waals surface area contributed by atoms with Crippen LogP contribution in [0.15, 0.2) is 68.5 Å². The molecular weight excluding hydrogens is 434 g/mol. The van der Waals surface area contributed by atoms with Crippen molar-refractivity contribution in [3.8, 4) is 5.75 Å². The first-order chi connectivity index (χ1) is 11.5. The van der Waals surface area contributed by atoms with Gasteiger partial charge in [0, 0.05) is 18.5 Å². The molecule has 24 heavy (non-hydrogen) atoms. The first-order valence-corrected chi connectivity index (χ1v) is 8.82. The molecular formula is C19H13Br2NO2. The number of carbonyl (C=O) groups excluding carboxylic acids is 1. The van der Waals surface area contributed by atoms with Crippen LogP contribution in [-0.4, -0.2) is 12.2 Å². The number of carbonyl (C=O) groups is 1. The minimum atomic E-state index is -0.367. The summed E-state index contributed by atoms with van der Waals surface area (Å²) in [6, 6.07) is 17.9. The van der Waals surface area contributed by atoms with Crippen LogP contribution < -0.4 is 4.74 Å². The van der Waals surface area contributed by atoms with Crippen LogP contribution in [0.25, 0.3) is 10.8 Å². The number of esters is 1. The third kappa shape index (κ3) is 3.74. The number of halogens is 2. The van der Waals surface area contributed by atoms with Gasteiger partial charge in [-0.1, -0.05) is 36.4 Å². The summed E-state index contributed by atoms with van der Waals surface area (Å²) in [5.74, 6) is 0.0957. The molecule has 3 aromatic carbocycles. The molecule has 0 spiro atoms. The molecule has 0 aliphatic rings. The Kier molecular flexibility index (Phi) is 5.11. The largest absolute Gasteiger partial charge is 0.424 e. The van der Waals surface area contributed by atoms with Gasteiger partial charge in [-0.05, 0) is 61.0 Å². The van der Waals surface area contributed by atoms with Crippen molar-refractivity contribution in [1.82, 2.24) is 0 Å². The lowest BCUT2D eigenvalue weighted by molar-refractivity contribution is -0.131. The number of aliphatic imine (C=N–C) groups is 1. The summed E-state index contributed by atoms with van der Waals surface area (Å²) in [4.78, 5) is 15.8. The van der Waals surface area contributed by atoms with Crippen LogP contribution >= 0.6 is 31.9 Å². The van der Waals surface area contributed by atoms with Crippen molar-refractivity contribution >= 4 is 60.5 Å². The Labute approximate surface area is 156 Å². The van der Waals surface area contributed by atoms with E-state index in [1.807, 2.05) is 36.4 Å². The summed E-state index contributed by atoms with van der Waals surface area (Å²) >= 11 is 6.85. The molecule has 3 rings (SSSR count). The van der Waals surface area contributed by atoms with Gasteiger partial charge in [-0.3, -0.25) is 9.79 Å². The molecule has 0 aliphatic heterocycles. The van der Waals surface area contributed by atoms with E-state index < -0.39 is 0 Å². The molecule has 0 bridgehead atoms. The summed E-state index contributed by atoms with van der Waals surface area (Å²) < 4.78 is 6.55. The topological polar surface area (TPSA) is 38.7 Å². The van der Waals surface area contributed by atoms with Crippen molar-refractivity contribution < 1.29 is 9.53 Å². The van der Waals surface area contributed by atoms with Gasteiger partial charge in [-0.2, -0.15) is 0 Å². The predicted octanol–water partition coefficient (Wildman–Crippen LogP) is 6.04. The minimum Gasteiger partial charge on any atom is -0.424 e. The third-order valence-electron chi connectivity index (χ3n) is 3.39. The number of fused-ring (bicyclic) bond motifs is 1. The highest BCUT2D eigenvalue weighted by Crippen LogP contribution is 2.35. The van der Waals surface area contributed by atoms with E-state index in [1.165, 1.54) is 6.92 Å². The maximum absolute atomic E-state index is 11.1. The van der Waals surface area contributed by atoms with Crippen LogP contribution in [-0.2, 0) is 4.79 Å². The van der Waals surface area contributed by atoms with Crippen molar-refractivity contribution in [2.45, 2.75) is 6.92 Å². The van der Waals surface area contributed by atoms with Gasteiger partial charge in [0.25, 0.3) is 0 Å². The molecule has 0 saturated heterocycles. The normalized spacial score (nSPS) is 11.1. The molecule has 0 saturated carbocycles. The van der Waals surface area contributed by atoms with Gasteiger partial charge in [0.05, 0.1) is 14.6 Å². The maximum atomic E-state index is 11.1. The number of rotatable bonds is 3. The quantitative estimate of drug-likeness (QED) is 0.279. The smallest absolute Gasteiger partial charge is 0.308 e. The van der Waals surface area contributed by atoms with Crippen molar-refractivity contribution in [3.63, 3.8) is 0 Å². The fourth-order valence-electron chi connectivity index (χ4n) is 2.36. The first-order valence-electron chi connectivity index (χ1n) is 7.24. The number of benzene rings is 3. The van der Waals surface area contributed by atoms with E-state index in [1.54, 1.807) is 6.21 Å². The second kappa shape index (κ2) is 7.28. The lowest BCUT2D eigenvalue weighted by Gasteiger charge is -2.08. The van der Waals surface area contributed by atoms with Crippen LogP contribution in [0, 0.1) is 0 Å².